The summed E-state index contributed by atoms with van der Waals surface area (Å²) < 4.78 is 45.7. The van der Waals surface area contributed by atoms with Crippen LogP contribution in [0.1, 0.15) is 5.56 Å². The van der Waals surface area contributed by atoms with Crippen molar-refractivity contribution >= 4 is 18.0 Å². The fraction of sp³-hybridized carbons (Fsp3) is 0.286. The van der Waals surface area contributed by atoms with Crippen LogP contribution in [0.2, 0.25) is 0 Å². The third-order valence-corrected chi connectivity index (χ3v) is 2.71. The van der Waals surface area contributed by atoms with Crippen molar-refractivity contribution in [2.75, 3.05) is 19.8 Å². The maximum atomic E-state index is 11.9. The number of fused-ring (bicyclic) bond motifs is 1. The number of carbonyl (C=O) groups excluding carboxylic acids is 2. The monoisotopic (exact) mass is 315 g/mol. The molecule has 0 bridgehead atoms. The largest absolute Gasteiger partial charge is 0.488 e. The van der Waals surface area contributed by atoms with E-state index in [1.165, 1.54) is 0 Å². The van der Waals surface area contributed by atoms with Gasteiger partial charge in [0, 0.05) is 5.56 Å². The molecule has 8 heteroatoms. The Morgan fingerprint density at radius 1 is 1.27 bits per heavy atom. The number of benzene rings is 1. The van der Waals surface area contributed by atoms with Crippen LogP contribution in [0, 0.1) is 0 Å². The highest BCUT2D eigenvalue weighted by molar-refractivity contribution is 5.96. The van der Waals surface area contributed by atoms with Crippen LogP contribution in [0.4, 0.5) is 13.2 Å². The Labute approximate surface area is 123 Å². The Bertz CT molecular complexity index is 610. The van der Waals surface area contributed by atoms with Crippen LogP contribution in [0.15, 0.2) is 29.8 Å². The lowest BCUT2D eigenvalue weighted by Crippen LogP contribution is -2.36. The molecule has 0 saturated carbocycles. The zero-order valence-electron chi connectivity index (χ0n) is 11.3. The van der Waals surface area contributed by atoms with Gasteiger partial charge in [0.2, 0.25) is 0 Å². The lowest BCUT2D eigenvalue weighted by atomic mass is 10.1. The number of rotatable bonds is 4. The fourth-order valence-corrected chi connectivity index (χ4v) is 1.71. The molecular weight excluding hydrogens is 303 g/mol. The minimum atomic E-state index is -4.51. The first kappa shape index (κ1) is 15.9. The molecule has 1 aliphatic rings. The first-order valence-electron chi connectivity index (χ1n) is 6.28. The van der Waals surface area contributed by atoms with Crippen molar-refractivity contribution in [3.05, 3.63) is 35.4 Å². The average molecular weight is 315 g/mol. The highest BCUT2D eigenvalue weighted by Crippen LogP contribution is 2.25. The van der Waals surface area contributed by atoms with E-state index in [2.05, 4.69) is 4.74 Å². The lowest BCUT2D eigenvalue weighted by molar-refractivity contribution is -0.148. The quantitative estimate of drug-likeness (QED) is 0.859. The first-order chi connectivity index (χ1) is 10.3. The van der Waals surface area contributed by atoms with Gasteiger partial charge in [-0.15, -0.1) is 0 Å². The van der Waals surface area contributed by atoms with Crippen LogP contribution in [-0.2, 0) is 14.3 Å². The van der Waals surface area contributed by atoms with Gasteiger partial charge >= 0.3 is 12.1 Å². The summed E-state index contributed by atoms with van der Waals surface area (Å²) in [4.78, 5) is 22.9. The molecule has 1 heterocycles. The molecule has 1 aromatic rings. The molecule has 0 unspecified atom stereocenters. The minimum absolute atomic E-state index is 0.0278. The molecule has 0 saturated heterocycles. The van der Waals surface area contributed by atoms with E-state index in [1.807, 2.05) is 0 Å². The predicted molar refractivity (Wildman–Crippen MR) is 69.9 cm³/mol. The fourth-order valence-electron chi connectivity index (χ4n) is 1.71. The Hall–Kier alpha value is -2.51. The second-order valence-corrected chi connectivity index (χ2v) is 4.46. The number of para-hydroxylation sites is 1. The van der Waals surface area contributed by atoms with Crippen LogP contribution in [-0.4, -0.2) is 37.8 Å². The summed E-state index contributed by atoms with van der Waals surface area (Å²) in [6, 6.07) is 7.01. The molecule has 0 aliphatic carbocycles. The molecule has 1 aliphatic heterocycles. The molecule has 1 amide bonds. The number of esters is 1. The van der Waals surface area contributed by atoms with E-state index in [9.17, 15) is 22.8 Å². The molecule has 0 radical (unpaired) electrons. The van der Waals surface area contributed by atoms with E-state index in [4.69, 9.17) is 4.74 Å². The molecule has 0 atom stereocenters. The summed E-state index contributed by atoms with van der Waals surface area (Å²) in [5.74, 6) is -1.22. The summed E-state index contributed by atoms with van der Waals surface area (Å²) in [5.41, 5.74) is 0.865. The Balaban J connectivity index is 1.86. The zero-order valence-corrected chi connectivity index (χ0v) is 11.3. The maximum absolute atomic E-state index is 11.9. The second kappa shape index (κ2) is 6.50. The van der Waals surface area contributed by atoms with Crippen LogP contribution >= 0.6 is 0 Å². The van der Waals surface area contributed by atoms with Gasteiger partial charge in [0.1, 0.15) is 18.9 Å². The van der Waals surface area contributed by atoms with Crippen molar-refractivity contribution in [2.45, 2.75) is 6.18 Å². The summed E-state index contributed by atoms with van der Waals surface area (Å²) in [5, 5.41) is 1.60. The summed E-state index contributed by atoms with van der Waals surface area (Å²) in [6.07, 6.45) is -2.96. The molecule has 5 nitrogen and oxygen atoms in total. The number of alkyl halides is 3. The molecular formula is C14H12F3NO4. The van der Waals surface area contributed by atoms with Gasteiger partial charge in [-0.25, -0.2) is 4.79 Å². The third-order valence-electron chi connectivity index (χ3n) is 2.71. The highest BCUT2D eigenvalue weighted by atomic mass is 19.4. The van der Waals surface area contributed by atoms with Gasteiger partial charge in [0.05, 0.1) is 5.57 Å². The first-order valence-corrected chi connectivity index (χ1v) is 6.28. The van der Waals surface area contributed by atoms with Gasteiger partial charge in [-0.1, -0.05) is 18.2 Å². The number of ether oxygens (including phenoxy) is 2. The second-order valence-electron chi connectivity index (χ2n) is 4.46. The normalized spacial score (nSPS) is 13.5. The van der Waals surface area contributed by atoms with E-state index in [-0.39, 0.29) is 12.2 Å². The van der Waals surface area contributed by atoms with Gasteiger partial charge in [-0.05, 0) is 12.1 Å². The molecule has 2 rings (SSSR count). The summed E-state index contributed by atoms with van der Waals surface area (Å²) >= 11 is 0. The van der Waals surface area contributed by atoms with Crippen molar-refractivity contribution in [2.24, 2.45) is 0 Å². The van der Waals surface area contributed by atoms with Crippen molar-refractivity contribution in [1.29, 1.82) is 0 Å². The van der Waals surface area contributed by atoms with E-state index in [0.29, 0.717) is 11.3 Å². The molecule has 0 aromatic heterocycles. The van der Waals surface area contributed by atoms with Crippen molar-refractivity contribution in [3.8, 4) is 5.75 Å². The predicted octanol–water partition coefficient (Wildman–Crippen LogP) is 1.68. The number of carbonyl (C=O) groups is 2. The van der Waals surface area contributed by atoms with Gasteiger partial charge in [0.15, 0.2) is 6.61 Å². The van der Waals surface area contributed by atoms with Gasteiger partial charge in [0.25, 0.3) is 5.91 Å². The van der Waals surface area contributed by atoms with Crippen LogP contribution in [0.25, 0.3) is 6.08 Å². The van der Waals surface area contributed by atoms with E-state index in [0.717, 1.165) is 0 Å². The van der Waals surface area contributed by atoms with Crippen molar-refractivity contribution < 1.29 is 32.2 Å². The van der Waals surface area contributed by atoms with Crippen LogP contribution in [0.5, 0.6) is 5.75 Å². The van der Waals surface area contributed by atoms with Crippen molar-refractivity contribution in [1.82, 2.24) is 5.32 Å². The topological polar surface area (TPSA) is 64.6 Å². The smallest absolute Gasteiger partial charge is 0.405 e. The number of hydrogen-bond donors (Lipinski definition) is 1. The van der Waals surface area contributed by atoms with Crippen LogP contribution < -0.4 is 10.1 Å². The maximum Gasteiger partial charge on any atom is 0.405 e. The molecule has 0 spiro atoms. The molecule has 22 heavy (non-hydrogen) atoms. The summed E-state index contributed by atoms with van der Waals surface area (Å²) in [6.45, 7) is -2.28. The average Bonchev–Trinajstić information content (AvgIpc) is 2.49. The van der Waals surface area contributed by atoms with Crippen molar-refractivity contribution in [3.63, 3.8) is 0 Å². The Morgan fingerprint density at radius 2 is 2.00 bits per heavy atom. The van der Waals surface area contributed by atoms with Gasteiger partial charge in [-0.3, -0.25) is 4.79 Å². The number of amides is 1. The molecule has 1 N–H and O–H groups in total. The van der Waals surface area contributed by atoms with E-state index >= 15 is 0 Å². The third kappa shape index (κ3) is 4.51. The Morgan fingerprint density at radius 3 is 2.73 bits per heavy atom. The Kier molecular flexibility index (Phi) is 4.69. The SMILES string of the molecule is O=C(COC(=O)C1=Cc2ccccc2OC1)NCC(F)(F)F. The van der Waals surface area contributed by atoms with Crippen LogP contribution in [0.3, 0.4) is 0 Å². The van der Waals surface area contributed by atoms with Gasteiger partial charge in [-0.2, -0.15) is 13.2 Å². The molecule has 1 aromatic carbocycles. The highest BCUT2D eigenvalue weighted by Gasteiger charge is 2.28. The number of nitrogens with one attached hydrogen (secondary N) is 1. The molecule has 0 fully saturated rings. The van der Waals surface area contributed by atoms with E-state index in [1.54, 1.807) is 35.7 Å². The summed E-state index contributed by atoms with van der Waals surface area (Å²) in [7, 11) is 0. The number of hydrogen-bond acceptors (Lipinski definition) is 4. The van der Waals surface area contributed by atoms with Gasteiger partial charge < -0.3 is 14.8 Å². The zero-order chi connectivity index (χ0) is 16.2. The standard InChI is InChI=1S/C14H12F3NO4/c15-14(16,17)8-18-12(19)7-22-13(20)10-5-9-3-1-2-4-11(9)21-6-10/h1-5H,6-8H2,(H,18,19). The lowest BCUT2D eigenvalue weighted by Gasteiger charge is -2.16. The van der Waals surface area contributed by atoms with E-state index < -0.39 is 31.2 Å². The molecule has 118 valence electrons. The minimum Gasteiger partial charge on any atom is -0.488 e. The number of halogens is 3.